The number of hydrogen-bond donors (Lipinski definition) is 0. The molecule has 0 N–H and O–H groups in total. The Morgan fingerprint density at radius 1 is 1.38 bits per heavy atom. The largest absolute Gasteiger partial charge is 0.482 e. The van der Waals surface area contributed by atoms with Crippen molar-refractivity contribution in [2.24, 2.45) is 0 Å². The fraction of sp³-hybridized carbons (Fsp3) is 0.357. The molecule has 1 amide bonds. The number of nitriles is 1. The average molecular weight is 355 g/mol. The molecule has 7 heteroatoms. The molecule has 0 radical (unpaired) electrons. The van der Waals surface area contributed by atoms with Crippen molar-refractivity contribution in [3.8, 4) is 11.8 Å². The molecule has 0 fully saturated rings. The number of ether oxygens (including phenoxy) is 2. The van der Waals surface area contributed by atoms with E-state index in [-0.39, 0.29) is 25.5 Å². The molecule has 0 atom stereocenters. The molecule has 0 bridgehead atoms. The van der Waals surface area contributed by atoms with Gasteiger partial charge in [0.25, 0.3) is 5.91 Å². The molecule has 21 heavy (non-hydrogen) atoms. The summed E-state index contributed by atoms with van der Waals surface area (Å²) >= 11 is 3.29. The average Bonchev–Trinajstić information content (AvgIpc) is 2.48. The highest BCUT2D eigenvalue weighted by Crippen LogP contribution is 2.17. The number of nitrogens with zero attached hydrogens (tertiary/aromatic N) is 2. The van der Waals surface area contributed by atoms with Crippen LogP contribution in [0.5, 0.6) is 5.75 Å². The highest BCUT2D eigenvalue weighted by molar-refractivity contribution is 9.10. The maximum absolute atomic E-state index is 11.6. The molecule has 0 heterocycles. The Bertz CT molecular complexity index is 542. The third-order valence-corrected chi connectivity index (χ3v) is 2.99. The van der Waals surface area contributed by atoms with Crippen LogP contribution in [0.1, 0.15) is 6.42 Å². The van der Waals surface area contributed by atoms with E-state index in [9.17, 15) is 9.59 Å². The second-order valence-corrected chi connectivity index (χ2v) is 5.05. The molecule has 0 saturated heterocycles. The van der Waals surface area contributed by atoms with Gasteiger partial charge in [-0.3, -0.25) is 4.79 Å². The fourth-order valence-corrected chi connectivity index (χ4v) is 1.71. The van der Waals surface area contributed by atoms with Crippen molar-refractivity contribution in [1.82, 2.24) is 4.90 Å². The van der Waals surface area contributed by atoms with E-state index in [0.717, 1.165) is 4.47 Å². The van der Waals surface area contributed by atoms with Crippen LogP contribution in [-0.2, 0) is 14.3 Å². The fourth-order valence-electron chi connectivity index (χ4n) is 1.34. The van der Waals surface area contributed by atoms with Crippen molar-refractivity contribution in [3.63, 3.8) is 0 Å². The van der Waals surface area contributed by atoms with E-state index < -0.39 is 5.97 Å². The summed E-state index contributed by atoms with van der Waals surface area (Å²) in [6.07, 6.45) is 0.238. The van der Waals surface area contributed by atoms with Gasteiger partial charge in [-0.1, -0.05) is 22.0 Å². The van der Waals surface area contributed by atoms with Crippen molar-refractivity contribution in [3.05, 3.63) is 28.7 Å². The summed E-state index contributed by atoms with van der Waals surface area (Å²) < 4.78 is 10.9. The highest BCUT2D eigenvalue weighted by atomic mass is 79.9. The van der Waals surface area contributed by atoms with Crippen LogP contribution in [0.15, 0.2) is 28.7 Å². The number of benzene rings is 1. The molecule has 1 rings (SSSR count). The van der Waals surface area contributed by atoms with Gasteiger partial charge in [0.05, 0.1) is 12.5 Å². The van der Waals surface area contributed by atoms with Crippen LogP contribution in [0.2, 0.25) is 0 Å². The van der Waals surface area contributed by atoms with E-state index in [2.05, 4.69) is 15.9 Å². The lowest BCUT2D eigenvalue weighted by Gasteiger charge is -2.15. The van der Waals surface area contributed by atoms with Gasteiger partial charge in [-0.15, -0.1) is 0 Å². The number of carbonyl (C=O) groups is 2. The molecule has 1 aromatic carbocycles. The van der Waals surface area contributed by atoms with Gasteiger partial charge in [0, 0.05) is 18.1 Å². The highest BCUT2D eigenvalue weighted by Gasteiger charge is 2.12. The van der Waals surface area contributed by atoms with Gasteiger partial charge in [0.1, 0.15) is 5.75 Å². The van der Waals surface area contributed by atoms with Crippen molar-refractivity contribution >= 4 is 27.8 Å². The standard InChI is InChI=1S/C14H15BrN2O4/c1-17(7-3-6-16)13(18)9-21-14(19)10-20-12-5-2-4-11(15)8-12/h2,4-5,8H,3,7,9-10H2,1H3. The molecule has 0 aliphatic carbocycles. The molecule has 0 aromatic heterocycles. The maximum Gasteiger partial charge on any atom is 0.344 e. The van der Waals surface area contributed by atoms with E-state index in [1.165, 1.54) is 4.90 Å². The first-order valence-electron chi connectivity index (χ1n) is 6.18. The number of likely N-dealkylation sites (N-methyl/N-ethyl adjacent to an activating group) is 1. The van der Waals surface area contributed by atoms with E-state index in [4.69, 9.17) is 14.7 Å². The lowest BCUT2D eigenvalue weighted by Crippen LogP contribution is -2.32. The van der Waals surface area contributed by atoms with E-state index in [0.29, 0.717) is 12.3 Å². The van der Waals surface area contributed by atoms with Gasteiger partial charge in [-0.2, -0.15) is 5.26 Å². The normalized spacial score (nSPS) is 9.57. The van der Waals surface area contributed by atoms with Crippen LogP contribution in [-0.4, -0.2) is 43.6 Å². The molecule has 0 unspecified atom stereocenters. The van der Waals surface area contributed by atoms with Crippen LogP contribution in [0.3, 0.4) is 0 Å². The zero-order chi connectivity index (χ0) is 15.7. The first-order chi connectivity index (χ1) is 10.0. The maximum atomic E-state index is 11.6. The van der Waals surface area contributed by atoms with Crippen molar-refractivity contribution in [2.45, 2.75) is 6.42 Å². The Labute approximate surface area is 131 Å². The van der Waals surface area contributed by atoms with Gasteiger partial charge < -0.3 is 14.4 Å². The summed E-state index contributed by atoms with van der Waals surface area (Å²) in [5.74, 6) is -0.461. The Hall–Kier alpha value is -2.07. The molecule has 1 aromatic rings. The summed E-state index contributed by atoms with van der Waals surface area (Å²) in [5, 5.41) is 8.42. The molecular weight excluding hydrogens is 340 g/mol. The van der Waals surface area contributed by atoms with E-state index in [1.54, 1.807) is 25.2 Å². The van der Waals surface area contributed by atoms with Crippen molar-refractivity contribution < 1.29 is 19.1 Å². The minimum atomic E-state index is -0.628. The van der Waals surface area contributed by atoms with Crippen molar-refractivity contribution in [1.29, 1.82) is 5.26 Å². The minimum Gasteiger partial charge on any atom is -0.482 e. The summed E-state index contributed by atoms with van der Waals surface area (Å²) in [6.45, 7) is -0.324. The Balaban J connectivity index is 2.28. The number of halogens is 1. The van der Waals surface area contributed by atoms with Crippen LogP contribution in [0.4, 0.5) is 0 Å². The zero-order valence-corrected chi connectivity index (χ0v) is 13.1. The Morgan fingerprint density at radius 3 is 2.81 bits per heavy atom. The second-order valence-electron chi connectivity index (χ2n) is 4.13. The summed E-state index contributed by atoms with van der Waals surface area (Å²) in [4.78, 5) is 24.4. The molecule has 0 aliphatic heterocycles. The quantitative estimate of drug-likeness (QED) is 0.696. The third-order valence-electron chi connectivity index (χ3n) is 2.49. The number of rotatable bonds is 7. The smallest absolute Gasteiger partial charge is 0.344 e. The number of carbonyl (C=O) groups excluding carboxylic acids is 2. The zero-order valence-electron chi connectivity index (χ0n) is 11.5. The van der Waals surface area contributed by atoms with Gasteiger partial charge in [-0.05, 0) is 18.2 Å². The van der Waals surface area contributed by atoms with Gasteiger partial charge >= 0.3 is 5.97 Å². The first-order valence-corrected chi connectivity index (χ1v) is 6.97. The predicted octanol–water partition coefficient (Wildman–Crippen LogP) is 1.74. The van der Waals surface area contributed by atoms with Crippen LogP contribution in [0, 0.1) is 11.3 Å². The summed E-state index contributed by atoms with van der Waals surface area (Å²) in [7, 11) is 1.55. The topological polar surface area (TPSA) is 79.6 Å². The molecular formula is C14H15BrN2O4. The third kappa shape index (κ3) is 6.77. The van der Waals surface area contributed by atoms with E-state index >= 15 is 0 Å². The predicted molar refractivity (Wildman–Crippen MR) is 78.5 cm³/mol. The van der Waals surface area contributed by atoms with Gasteiger partial charge in [-0.25, -0.2) is 4.79 Å². The number of hydrogen-bond acceptors (Lipinski definition) is 5. The monoisotopic (exact) mass is 354 g/mol. The molecule has 112 valence electrons. The van der Waals surface area contributed by atoms with Crippen molar-refractivity contribution in [2.75, 3.05) is 26.8 Å². The minimum absolute atomic E-state index is 0.238. The van der Waals surface area contributed by atoms with Gasteiger partial charge in [0.15, 0.2) is 13.2 Å². The van der Waals surface area contributed by atoms with Gasteiger partial charge in [0.2, 0.25) is 0 Å². The summed E-state index contributed by atoms with van der Waals surface area (Å²) in [6, 6.07) is 8.97. The lowest BCUT2D eigenvalue weighted by molar-refractivity contribution is -0.153. The van der Waals surface area contributed by atoms with E-state index in [1.807, 2.05) is 12.1 Å². The van der Waals surface area contributed by atoms with Crippen LogP contribution < -0.4 is 4.74 Å². The Kier molecular flexibility index (Phi) is 7.26. The SMILES string of the molecule is CN(CCC#N)C(=O)COC(=O)COc1cccc(Br)c1. The Morgan fingerprint density at radius 2 is 2.14 bits per heavy atom. The number of esters is 1. The van der Waals surface area contributed by atoms with Crippen LogP contribution in [0.25, 0.3) is 0 Å². The lowest BCUT2D eigenvalue weighted by atomic mass is 10.3. The molecule has 6 nitrogen and oxygen atoms in total. The number of amides is 1. The first kappa shape index (κ1) is 17.0. The van der Waals surface area contributed by atoms with Crippen LogP contribution >= 0.6 is 15.9 Å². The second kappa shape index (κ2) is 8.97. The molecule has 0 saturated carbocycles. The summed E-state index contributed by atoms with van der Waals surface area (Å²) in [5.41, 5.74) is 0. The molecule has 0 aliphatic rings. The molecule has 0 spiro atoms.